The van der Waals surface area contributed by atoms with Gasteiger partial charge >= 0.3 is 0 Å². The van der Waals surface area contributed by atoms with Crippen LogP contribution in [0.25, 0.3) is 10.9 Å². The number of hydrogen-bond donors (Lipinski definition) is 2. The van der Waals surface area contributed by atoms with Gasteiger partial charge in [0.25, 0.3) is 5.91 Å². The Morgan fingerprint density at radius 2 is 1.87 bits per heavy atom. The van der Waals surface area contributed by atoms with Crippen molar-refractivity contribution in [1.82, 2.24) is 20.1 Å². The van der Waals surface area contributed by atoms with E-state index in [1.165, 1.54) is 6.07 Å². The second-order valence-corrected chi connectivity index (χ2v) is 9.41. The van der Waals surface area contributed by atoms with Gasteiger partial charge in [-0.05, 0) is 64.2 Å². The molecule has 2 heterocycles. The van der Waals surface area contributed by atoms with E-state index in [-0.39, 0.29) is 35.8 Å². The summed E-state index contributed by atoms with van der Waals surface area (Å²) in [4.78, 5) is 32.4. The Kier molecular flexibility index (Phi) is 6.06. The summed E-state index contributed by atoms with van der Waals surface area (Å²) in [6.45, 7) is 9.52. The molecule has 6 nitrogen and oxygen atoms in total. The van der Waals surface area contributed by atoms with Crippen molar-refractivity contribution in [3.8, 4) is 0 Å². The molecule has 1 aromatic carbocycles. The molecule has 1 aliphatic carbocycles. The number of aryl methyl sites for hydroxylation is 1. The number of fused-ring (bicyclic) bond motifs is 1. The maximum atomic E-state index is 14.1. The van der Waals surface area contributed by atoms with Crippen LogP contribution in [0.2, 0.25) is 0 Å². The lowest BCUT2D eigenvalue weighted by Crippen LogP contribution is -2.61. The molecule has 2 N–H and O–H groups in total. The number of aromatic nitrogens is 1. The summed E-state index contributed by atoms with van der Waals surface area (Å²) in [6.07, 6.45) is 4.03. The third kappa shape index (κ3) is 4.33. The molecule has 2 aliphatic rings. The van der Waals surface area contributed by atoms with E-state index in [0.717, 1.165) is 44.3 Å². The van der Waals surface area contributed by atoms with Gasteiger partial charge in [-0.15, -0.1) is 0 Å². The molecule has 4 atom stereocenters. The highest BCUT2D eigenvalue weighted by Gasteiger charge is 2.36. The first-order valence-electron chi connectivity index (χ1n) is 11.4. The van der Waals surface area contributed by atoms with E-state index in [1.807, 2.05) is 11.8 Å². The number of carbonyl (C=O) groups excluding carboxylic acids is 2. The van der Waals surface area contributed by atoms with Gasteiger partial charge in [-0.2, -0.15) is 0 Å². The summed E-state index contributed by atoms with van der Waals surface area (Å²) in [7, 11) is 0. The van der Waals surface area contributed by atoms with Crippen LogP contribution in [0.5, 0.6) is 0 Å². The summed E-state index contributed by atoms with van der Waals surface area (Å²) in [6, 6.07) is 5.65. The molecule has 4 rings (SSSR count). The molecule has 2 amide bonds. The summed E-state index contributed by atoms with van der Waals surface area (Å²) in [5.41, 5.74) is 2.00. The van der Waals surface area contributed by atoms with Gasteiger partial charge in [0, 0.05) is 49.6 Å². The third-order valence-electron chi connectivity index (χ3n) is 7.00. The van der Waals surface area contributed by atoms with E-state index in [9.17, 15) is 14.0 Å². The van der Waals surface area contributed by atoms with E-state index in [0.29, 0.717) is 22.6 Å². The number of halogens is 1. The Hall–Kier alpha value is -2.41. The maximum absolute atomic E-state index is 14.1. The number of aromatic amines is 1. The van der Waals surface area contributed by atoms with E-state index in [1.54, 1.807) is 19.1 Å². The van der Waals surface area contributed by atoms with E-state index >= 15 is 0 Å². The molecule has 1 aromatic heterocycles. The first kappa shape index (κ1) is 21.8. The Labute approximate surface area is 183 Å². The lowest BCUT2D eigenvalue weighted by molar-refractivity contribution is -0.137. The maximum Gasteiger partial charge on any atom is 0.267 e. The molecule has 0 radical (unpaired) electrons. The second-order valence-electron chi connectivity index (χ2n) is 9.41. The van der Waals surface area contributed by atoms with Crippen molar-refractivity contribution in [1.29, 1.82) is 0 Å². The van der Waals surface area contributed by atoms with Crippen LogP contribution in [0.15, 0.2) is 18.2 Å². The third-order valence-corrected chi connectivity index (χ3v) is 7.00. The number of nitrogens with one attached hydrogen (secondary N) is 2. The van der Waals surface area contributed by atoms with Crippen LogP contribution >= 0.6 is 0 Å². The number of carbonyl (C=O) groups is 2. The van der Waals surface area contributed by atoms with Crippen LogP contribution in [0, 0.1) is 12.7 Å². The zero-order valence-corrected chi connectivity index (χ0v) is 18.9. The Balaban J connectivity index is 1.41. The van der Waals surface area contributed by atoms with Crippen LogP contribution < -0.4 is 5.32 Å². The average Bonchev–Trinajstić information content (AvgIpc) is 3.17. The summed E-state index contributed by atoms with van der Waals surface area (Å²) < 4.78 is 14.1. The Morgan fingerprint density at radius 3 is 2.52 bits per heavy atom. The van der Waals surface area contributed by atoms with Crippen LogP contribution in [0.1, 0.15) is 62.5 Å². The number of benzene rings is 1. The molecule has 1 saturated carbocycles. The number of hydrogen-bond acceptors (Lipinski definition) is 3. The fourth-order valence-electron chi connectivity index (χ4n) is 5.62. The minimum atomic E-state index is -0.318. The van der Waals surface area contributed by atoms with Gasteiger partial charge in [-0.25, -0.2) is 4.39 Å². The van der Waals surface area contributed by atoms with Gasteiger partial charge in [0.05, 0.1) is 5.52 Å². The van der Waals surface area contributed by atoms with Crippen molar-refractivity contribution in [2.45, 2.75) is 77.5 Å². The van der Waals surface area contributed by atoms with Crippen LogP contribution in [0.4, 0.5) is 4.39 Å². The van der Waals surface area contributed by atoms with Crippen molar-refractivity contribution in [2.24, 2.45) is 0 Å². The van der Waals surface area contributed by atoms with Crippen molar-refractivity contribution in [3.05, 3.63) is 35.3 Å². The van der Waals surface area contributed by atoms with Gasteiger partial charge < -0.3 is 15.2 Å². The monoisotopic (exact) mass is 428 g/mol. The zero-order chi connectivity index (χ0) is 22.3. The standard InChI is InChI=1S/C24H33FN4O2/c1-14-8-9-21(25)20-11-22(27-23(14)20)24(31)26-18-6-5-7-19(10-18)28-12-15(2)29(17(4)30)16(3)13-28/h8-9,11,15-16,18-19,27H,5-7,10,12-13H2,1-4H3,(H,26,31)/t15-,16+,18-,19?/m1/s1. The molecule has 168 valence electrons. The van der Waals surface area contributed by atoms with Crippen LogP contribution in [-0.2, 0) is 4.79 Å². The molecule has 1 saturated heterocycles. The summed E-state index contributed by atoms with van der Waals surface area (Å²) in [5.74, 6) is -0.358. The van der Waals surface area contributed by atoms with Crippen molar-refractivity contribution in [3.63, 3.8) is 0 Å². The first-order valence-corrected chi connectivity index (χ1v) is 11.4. The molecule has 7 heteroatoms. The molecular formula is C24H33FN4O2. The minimum Gasteiger partial charge on any atom is -0.350 e. The molecule has 31 heavy (non-hydrogen) atoms. The van der Waals surface area contributed by atoms with Gasteiger partial charge in [0.1, 0.15) is 11.5 Å². The van der Waals surface area contributed by atoms with Crippen molar-refractivity contribution in [2.75, 3.05) is 13.1 Å². The topological polar surface area (TPSA) is 68.4 Å². The SMILES string of the molecule is CC(=O)N1[C@H](C)CN(C2CCC[C@@H](NC(=O)c3cc4c(F)ccc(C)c4[nH]3)C2)C[C@@H]1C. The normalized spacial score (nSPS) is 27.5. The molecule has 2 fully saturated rings. The first-order chi connectivity index (χ1) is 14.7. The van der Waals surface area contributed by atoms with Gasteiger partial charge in [-0.3, -0.25) is 14.5 Å². The summed E-state index contributed by atoms with van der Waals surface area (Å²) >= 11 is 0. The Morgan fingerprint density at radius 1 is 1.16 bits per heavy atom. The van der Waals surface area contributed by atoms with E-state index < -0.39 is 0 Å². The molecule has 2 aromatic rings. The van der Waals surface area contributed by atoms with Gasteiger partial charge in [0.2, 0.25) is 5.91 Å². The summed E-state index contributed by atoms with van der Waals surface area (Å²) in [5, 5.41) is 3.63. The van der Waals surface area contributed by atoms with Crippen LogP contribution in [0.3, 0.4) is 0 Å². The minimum absolute atomic E-state index is 0.0973. The van der Waals surface area contributed by atoms with Crippen molar-refractivity contribution >= 4 is 22.7 Å². The fourth-order valence-corrected chi connectivity index (χ4v) is 5.62. The lowest BCUT2D eigenvalue weighted by atomic mass is 9.88. The number of H-pyrrole nitrogens is 1. The molecular weight excluding hydrogens is 395 g/mol. The predicted molar refractivity (Wildman–Crippen MR) is 120 cm³/mol. The number of rotatable bonds is 3. The molecule has 0 spiro atoms. The van der Waals surface area contributed by atoms with Gasteiger partial charge in [0.15, 0.2) is 0 Å². The largest absolute Gasteiger partial charge is 0.350 e. The number of piperazine rings is 1. The highest BCUT2D eigenvalue weighted by molar-refractivity contribution is 5.99. The molecule has 0 bridgehead atoms. The van der Waals surface area contributed by atoms with E-state index in [4.69, 9.17) is 0 Å². The van der Waals surface area contributed by atoms with Crippen LogP contribution in [-0.4, -0.2) is 63.9 Å². The van der Waals surface area contributed by atoms with Gasteiger partial charge in [-0.1, -0.05) is 6.07 Å². The quantitative estimate of drug-likeness (QED) is 0.785. The number of nitrogens with zero attached hydrogens (tertiary/aromatic N) is 2. The molecule has 1 unspecified atom stereocenters. The predicted octanol–water partition coefficient (Wildman–Crippen LogP) is 3.60. The zero-order valence-electron chi connectivity index (χ0n) is 18.9. The highest BCUT2D eigenvalue weighted by atomic mass is 19.1. The Bertz CT molecular complexity index is 936. The molecule has 1 aliphatic heterocycles. The second kappa shape index (κ2) is 8.61. The van der Waals surface area contributed by atoms with Crippen molar-refractivity contribution < 1.29 is 14.0 Å². The average molecular weight is 429 g/mol. The van der Waals surface area contributed by atoms with E-state index in [2.05, 4.69) is 29.0 Å². The lowest BCUT2D eigenvalue weighted by Gasteiger charge is -2.48. The number of amides is 2. The smallest absolute Gasteiger partial charge is 0.267 e. The fraction of sp³-hybridized carbons (Fsp3) is 0.583. The highest BCUT2D eigenvalue weighted by Crippen LogP contribution is 2.28.